The first kappa shape index (κ1) is 42.2. The number of hydrogen-bond donors (Lipinski definition) is 6. The Morgan fingerprint density at radius 1 is 0.420 bits per heavy atom. The summed E-state index contributed by atoms with van der Waals surface area (Å²) in [5.41, 5.74) is 14.0. The molecular formula is C52H31Cl3N6O8. The van der Waals surface area contributed by atoms with Crippen molar-refractivity contribution in [1.29, 1.82) is 0 Å². The third kappa shape index (κ3) is 5.79. The molecular weight excluding hydrogens is 943 g/mol. The van der Waals surface area contributed by atoms with Gasteiger partial charge >= 0.3 is 23.9 Å². The second-order valence-corrected chi connectivity index (χ2v) is 18.0. The van der Waals surface area contributed by atoms with Gasteiger partial charge in [-0.1, -0.05) is 83.9 Å². The first-order chi connectivity index (χ1) is 32.9. The van der Waals surface area contributed by atoms with E-state index in [4.69, 9.17) is 33.2 Å². The number of H-pyrrole nitrogens is 2. The van der Waals surface area contributed by atoms with Gasteiger partial charge in [-0.15, -0.1) is 12.4 Å². The minimum absolute atomic E-state index is 0. The summed E-state index contributed by atoms with van der Waals surface area (Å²) in [6.45, 7) is 0. The van der Waals surface area contributed by atoms with E-state index in [9.17, 15) is 39.6 Å². The number of carboxylic acids is 4. The van der Waals surface area contributed by atoms with Crippen molar-refractivity contribution in [3.05, 3.63) is 152 Å². The highest BCUT2D eigenvalue weighted by Gasteiger charge is 2.58. The maximum Gasteiger partial charge on any atom is 0.331 e. The Balaban J connectivity index is 0.00000492. The molecule has 6 N–H and O–H groups in total. The molecule has 11 heterocycles. The van der Waals surface area contributed by atoms with Crippen LogP contribution in [0.15, 0.2) is 97.1 Å². The van der Waals surface area contributed by atoms with Crippen LogP contribution in [0.3, 0.4) is 0 Å². The molecule has 7 aromatic rings. The molecule has 0 saturated carbocycles. The number of carboxylic acid groups (broad SMARTS) is 4. The molecule has 15 rings (SSSR count). The van der Waals surface area contributed by atoms with Crippen molar-refractivity contribution in [1.82, 2.24) is 19.9 Å². The number of rotatable bonds is 8. The number of carbonyl (C=O) groups is 4. The molecule has 4 aromatic carbocycles. The Bertz CT molecular complexity index is 3540. The standard InChI is InChI=1S/C52H30Cl2N6O8.ClH/c53-43-31-15-11-27(55-31)37(23-5-1-21(2-6-23)25-9-19-35-41-39(25)45(49(61)62)59(35)47(41)51(65)66)28-12-16-32(56-28)44(54)34-18-14-30(58-34)38(29-13-17-33(43)57-29)24-7-3-22(4-8-24)26-10-20-36-42-40(26)46(50(63)64)60(36)48(42)52(67)68;/h1-20,45-48,55,58H,(H,61,62)(H,63,64)(H,65,66)(H,67,68);1H. The van der Waals surface area contributed by atoms with Gasteiger partial charge in [0.05, 0.1) is 43.9 Å². The molecule has 0 amide bonds. The van der Waals surface area contributed by atoms with E-state index < -0.39 is 48.0 Å². The largest absolute Gasteiger partial charge is 0.479 e. The average Bonchev–Trinajstić information content (AvgIpc) is 4.18. The van der Waals surface area contributed by atoms with Crippen LogP contribution in [0.4, 0.5) is 11.4 Å². The van der Waals surface area contributed by atoms with Gasteiger partial charge in [0, 0.05) is 55.8 Å². The Morgan fingerprint density at radius 3 is 1.10 bits per heavy atom. The summed E-state index contributed by atoms with van der Waals surface area (Å²) in [6, 6.07) is 25.9. The second-order valence-electron chi connectivity index (χ2n) is 17.2. The molecule has 338 valence electrons. The van der Waals surface area contributed by atoms with E-state index in [-0.39, 0.29) is 12.4 Å². The van der Waals surface area contributed by atoms with Gasteiger partial charge in [-0.05, 0) is 94.1 Å². The van der Waals surface area contributed by atoms with E-state index in [0.717, 1.165) is 33.4 Å². The normalized spacial score (nSPS) is 18.2. The van der Waals surface area contributed by atoms with Crippen LogP contribution in [0.1, 0.15) is 69.2 Å². The molecule has 17 heteroatoms. The summed E-state index contributed by atoms with van der Waals surface area (Å²) in [7, 11) is 0. The van der Waals surface area contributed by atoms with Gasteiger partial charge in [-0.2, -0.15) is 0 Å². The SMILES string of the molecule is Cl.O=C(O)C1c2c(-c3ccc(-c4c5nc(c(Cl)c6ccc([nH]6)c(-c6ccc(-c7ccc8c9c7C(C(=O)O)N8C9C(=O)O)cc6)c6nc(c(Cl)c7ccc4[nH]7)C=C6)C=C5)cc3)ccc3c2C(C(=O)O)N31. The molecule has 8 aliphatic heterocycles. The maximum absolute atomic E-state index is 12.5. The highest BCUT2D eigenvalue weighted by atomic mass is 35.5. The number of fused-ring (bicyclic) bond motifs is 8. The topological polar surface area (TPSA) is 213 Å². The van der Waals surface area contributed by atoms with Crippen LogP contribution in [-0.4, -0.2) is 64.2 Å². The summed E-state index contributed by atoms with van der Waals surface area (Å²) < 4.78 is 0. The Kier molecular flexibility index (Phi) is 9.12. The zero-order chi connectivity index (χ0) is 46.6. The number of aliphatic carboxylic acids is 4. The summed E-state index contributed by atoms with van der Waals surface area (Å²) in [5, 5.41) is 40.9. The van der Waals surface area contributed by atoms with Crippen molar-refractivity contribution in [2.24, 2.45) is 0 Å². The fourth-order valence-electron chi connectivity index (χ4n) is 11.0. The quantitative estimate of drug-likeness (QED) is 0.0839. The van der Waals surface area contributed by atoms with Crippen LogP contribution >= 0.6 is 35.6 Å². The van der Waals surface area contributed by atoms with Crippen LogP contribution < -0.4 is 9.80 Å². The van der Waals surface area contributed by atoms with Crippen LogP contribution in [0.25, 0.3) is 90.9 Å². The van der Waals surface area contributed by atoms with E-state index in [0.29, 0.717) is 99.6 Å². The molecule has 3 aromatic heterocycles. The molecule has 8 aliphatic rings. The van der Waals surface area contributed by atoms with Crippen molar-refractivity contribution in [3.63, 3.8) is 0 Å². The molecule has 16 bridgehead atoms. The lowest BCUT2D eigenvalue weighted by atomic mass is 9.89. The first-order valence-corrected chi connectivity index (χ1v) is 22.1. The minimum atomic E-state index is -1.11. The predicted octanol–water partition coefficient (Wildman–Crippen LogP) is 11.2. The van der Waals surface area contributed by atoms with Crippen molar-refractivity contribution in [3.8, 4) is 44.5 Å². The highest BCUT2D eigenvalue weighted by molar-refractivity contribution is 6.36. The molecule has 0 saturated heterocycles. The van der Waals surface area contributed by atoms with Crippen molar-refractivity contribution < 1.29 is 39.6 Å². The zero-order valence-corrected chi connectivity index (χ0v) is 37.6. The Labute approximate surface area is 405 Å². The summed E-state index contributed by atoms with van der Waals surface area (Å²) >= 11 is 14.3. The van der Waals surface area contributed by atoms with Gasteiger partial charge in [-0.3, -0.25) is 0 Å². The van der Waals surface area contributed by atoms with Gasteiger partial charge in [0.1, 0.15) is 0 Å². The van der Waals surface area contributed by atoms with Gasteiger partial charge < -0.3 is 40.2 Å². The second kappa shape index (κ2) is 14.9. The molecule has 14 nitrogen and oxygen atoms in total. The van der Waals surface area contributed by atoms with Gasteiger partial charge in [0.2, 0.25) is 0 Å². The molecule has 0 spiro atoms. The molecule has 0 radical (unpaired) electrons. The van der Waals surface area contributed by atoms with Gasteiger partial charge in [0.25, 0.3) is 0 Å². The predicted molar refractivity (Wildman–Crippen MR) is 264 cm³/mol. The van der Waals surface area contributed by atoms with Crippen molar-refractivity contribution in [2.45, 2.75) is 24.2 Å². The van der Waals surface area contributed by atoms with E-state index in [2.05, 4.69) is 9.97 Å². The first-order valence-electron chi connectivity index (χ1n) is 21.4. The zero-order valence-electron chi connectivity index (χ0n) is 35.2. The number of nitrogens with one attached hydrogen (secondary N) is 2. The van der Waals surface area contributed by atoms with E-state index in [1.165, 1.54) is 9.80 Å². The number of benzene rings is 4. The fraction of sp³-hybridized carbons (Fsp3) is 0.0769. The third-order valence-electron chi connectivity index (χ3n) is 13.8. The van der Waals surface area contributed by atoms with Crippen LogP contribution in [0, 0.1) is 0 Å². The van der Waals surface area contributed by atoms with E-state index in [1.54, 1.807) is 12.1 Å². The average molecular weight is 974 g/mol. The van der Waals surface area contributed by atoms with Crippen molar-refractivity contribution in [2.75, 3.05) is 9.80 Å². The lowest BCUT2D eigenvalue weighted by molar-refractivity contribution is -0.142. The van der Waals surface area contributed by atoms with Crippen LogP contribution in [-0.2, 0) is 19.2 Å². The van der Waals surface area contributed by atoms with Crippen molar-refractivity contribution >= 4 is 117 Å². The minimum Gasteiger partial charge on any atom is -0.479 e. The molecule has 0 fully saturated rings. The number of hydrogen-bond acceptors (Lipinski definition) is 8. The summed E-state index contributed by atoms with van der Waals surface area (Å²) in [5.74, 6) is -4.39. The third-order valence-corrected chi connectivity index (χ3v) is 14.6. The molecule has 0 aliphatic carbocycles. The number of anilines is 2. The number of nitrogens with zero attached hydrogens (tertiary/aromatic N) is 4. The lowest BCUT2D eigenvalue weighted by Crippen LogP contribution is -2.39. The fourth-order valence-corrected chi connectivity index (χ4v) is 11.4. The number of aromatic amines is 2. The van der Waals surface area contributed by atoms with Crippen LogP contribution in [0.2, 0.25) is 10.0 Å². The number of halogens is 3. The van der Waals surface area contributed by atoms with Gasteiger partial charge in [0.15, 0.2) is 24.2 Å². The summed E-state index contributed by atoms with van der Waals surface area (Å²) in [6.07, 6.45) is 7.44. The number of aromatic nitrogens is 4. The van der Waals surface area contributed by atoms with Gasteiger partial charge in [-0.25, -0.2) is 29.1 Å². The smallest absolute Gasteiger partial charge is 0.331 e. The molecule has 4 atom stereocenters. The Morgan fingerprint density at radius 2 is 0.739 bits per heavy atom. The summed E-state index contributed by atoms with van der Waals surface area (Å²) in [4.78, 5) is 69.1. The van der Waals surface area contributed by atoms with Crippen LogP contribution in [0.5, 0.6) is 0 Å². The highest BCUT2D eigenvalue weighted by Crippen LogP contribution is 2.62. The maximum atomic E-state index is 12.5. The van der Waals surface area contributed by atoms with E-state index >= 15 is 0 Å². The molecule has 69 heavy (non-hydrogen) atoms. The monoisotopic (exact) mass is 972 g/mol. The Hall–Kier alpha value is -8.17. The van der Waals surface area contributed by atoms with E-state index in [1.807, 2.05) is 109 Å². The molecule has 4 unspecified atom stereocenters. The lowest BCUT2D eigenvalue weighted by Gasteiger charge is -2.35.